The molecule has 1 fully saturated rings. The number of aliphatic hydroxyl groups excluding tert-OH is 2. The van der Waals surface area contributed by atoms with Gasteiger partial charge in [0.25, 0.3) is 0 Å². The molecule has 0 aliphatic carbocycles. The van der Waals surface area contributed by atoms with Crippen molar-refractivity contribution in [3.8, 4) is 0 Å². The molecule has 2 unspecified atom stereocenters. The van der Waals surface area contributed by atoms with Gasteiger partial charge < -0.3 is 50.9 Å². The Labute approximate surface area is 295 Å². The van der Waals surface area contributed by atoms with Crippen LogP contribution in [-0.2, 0) is 45.9 Å². The molecule has 27 heteroatoms. The minimum absolute atomic E-state index is 0.0345. The van der Waals surface area contributed by atoms with Crippen LogP contribution in [0.1, 0.15) is 40.3 Å². The van der Waals surface area contributed by atoms with Crippen molar-refractivity contribution in [2.45, 2.75) is 70.0 Å². The highest BCUT2D eigenvalue weighted by Gasteiger charge is 2.50. The summed E-state index contributed by atoms with van der Waals surface area (Å²) in [5, 5.41) is 26.8. The molecule has 2 aromatic rings. The molecule has 0 radical (unpaired) electrons. The van der Waals surface area contributed by atoms with Crippen LogP contribution in [0.2, 0.25) is 0 Å². The van der Waals surface area contributed by atoms with Crippen LogP contribution in [-0.4, -0.2) is 123 Å². The van der Waals surface area contributed by atoms with E-state index in [1.165, 1.54) is 13.8 Å². The van der Waals surface area contributed by atoms with Gasteiger partial charge in [-0.1, -0.05) is 27.7 Å². The van der Waals surface area contributed by atoms with Crippen LogP contribution in [0.3, 0.4) is 0 Å². The van der Waals surface area contributed by atoms with Crippen LogP contribution >= 0.6 is 35.2 Å². The van der Waals surface area contributed by atoms with Gasteiger partial charge in [-0.25, -0.2) is 28.6 Å². The van der Waals surface area contributed by atoms with Crippen molar-refractivity contribution in [3.63, 3.8) is 0 Å². The monoisotopic (exact) mass is 809 g/mol. The summed E-state index contributed by atoms with van der Waals surface area (Å²) >= 11 is 1.66. The first kappa shape index (κ1) is 43.3. The lowest BCUT2D eigenvalue weighted by Crippen LogP contribution is -2.46. The summed E-state index contributed by atoms with van der Waals surface area (Å²) in [5.41, 5.74) is 4.32. The number of nitrogens with zero attached hydrogens (tertiary/aromatic N) is 4. The van der Waals surface area contributed by atoms with Gasteiger partial charge in [-0.05, 0) is 5.25 Å². The van der Waals surface area contributed by atoms with Gasteiger partial charge in [0.05, 0.1) is 19.5 Å². The standard InChI is InChI=1S/C24H42N7O16P3S/c1-13(2)51-8-7-26-15(32)5-6-27-22(35)19(34)24(3,4)10-44-50(41,42)47-49(39,40)43-9-14-18(46-48(36,37)38)17(33)23(45-14)31-12-30-16-20(25)28-11-29-21(16)31/h11-14,17-19,23,33-34H,5-10H2,1-4H3,(H,26,32)(H,27,35)(H,39,40)(H,41,42)(H2,25,28,29)(H2,36,37,38)/t14-,17-,18-,19+,23-/m1/s1. The minimum atomic E-state index is -5.54. The summed E-state index contributed by atoms with van der Waals surface area (Å²) in [6, 6.07) is 0. The molecule has 2 aromatic heterocycles. The third kappa shape index (κ3) is 13.1. The number of phosphoric acid groups is 3. The Bertz CT molecular complexity index is 1660. The summed E-state index contributed by atoms with van der Waals surface area (Å²) in [6.45, 7) is 4.95. The zero-order valence-electron chi connectivity index (χ0n) is 27.7. The van der Waals surface area contributed by atoms with Gasteiger partial charge in [-0.3, -0.25) is 27.7 Å². The van der Waals surface area contributed by atoms with Gasteiger partial charge in [-0.15, -0.1) is 0 Å². The number of nitrogens with one attached hydrogen (secondary N) is 2. The largest absolute Gasteiger partial charge is 0.481 e. The molecular weight excluding hydrogens is 767 g/mol. The molecule has 23 nitrogen and oxygen atoms in total. The number of carbonyl (C=O) groups excluding carboxylic acids is 2. The molecule has 10 N–H and O–H groups in total. The predicted octanol–water partition coefficient (Wildman–Crippen LogP) is -0.453. The van der Waals surface area contributed by atoms with E-state index in [1.54, 1.807) is 11.8 Å². The molecule has 1 aliphatic heterocycles. The maximum absolute atomic E-state index is 12.6. The molecule has 0 bridgehead atoms. The Morgan fingerprint density at radius 3 is 2.39 bits per heavy atom. The molecule has 290 valence electrons. The van der Waals surface area contributed by atoms with E-state index >= 15 is 0 Å². The van der Waals surface area contributed by atoms with Crippen molar-refractivity contribution in [3.05, 3.63) is 12.7 Å². The molecule has 3 rings (SSSR count). The van der Waals surface area contributed by atoms with Crippen LogP contribution in [0.5, 0.6) is 0 Å². The highest BCUT2D eigenvalue weighted by atomic mass is 32.2. The highest BCUT2D eigenvalue weighted by Crippen LogP contribution is 2.61. The average molecular weight is 810 g/mol. The first-order chi connectivity index (χ1) is 23.5. The number of thioether (sulfide) groups is 1. The second kappa shape index (κ2) is 17.8. The number of nitrogens with two attached hydrogens (primary N) is 1. The van der Waals surface area contributed by atoms with Gasteiger partial charge >= 0.3 is 23.5 Å². The number of anilines is 1. The highest BCUT2D eigenvalue weighted by molar-refractivity contribution is 7.99. The van der Waals surface area contributed by atoms with Crippen LogP contribution in [0.25, 0.3) is 11.2 Å². The van der Waals surface area contributed by atoms with Crippen molar-refractivity contribution in [2.75, 3.05) is 37.8 Å². The lowest BCUT2D eigenvalue weighted by Gasteiger charge is -2.30. The maximum atomic E-state index is 12.6. The summed E-state index contributed by atoms with van der Waals surface area (Å²) in [6.07, 6.45) is -6.70. The van der Waals surface area contributed by atoms with Crippen LogP contribution in [0.4, 0.5) is 5.82 Å². The fraction of sp³-hybridized carbons (Fsp3) is 0.708. The normalized spacial score (nSPS) is 22.8. The first-order valence-corrected chi connectivity index (χ1v) is 20.6. The number of carbonyl (C=O) groups is 2. The summed E-state index contributed by atoms with van der Waals surface area (Å²) in [7, 11) is -16.3. The second-order valence-corrected chi connectivity index (χ2v) is 17.9. The van der Waals surface area contributed by atoms with E-state index in [4.69, 9.17) is 19.5 Å². The molecule has 0 spiro atoms. The van der Waals surface area contributed by atoms with E-state index in [0.717, 1.165) is 17.2 Å². The van der Waals surface area contributed by atoms with Gasteiger partial charge in [-0.2, -0.15) is 16.1 Å². The number of hydrogen-bond donors (Lipinski definition) is 9. The van der Waals surface area contributed by atoms with E-state index in [2.05, 4.69) is 34.4 Å². The molecular formula is C24H42N7O16P3S. The summed E-state index contributed by atoms with van der Waals surface area (Å²) in [4.78, 5) is 75.2. The predicted molar refractivity (Wildman–Crippen MR) is 177 cm³/mol. The fourth-order valence-electron chi connectivity index (χ4n) is 4.42. The van der Waals surface area contributed by atoms with E-state index in [0.29, 0.717) is 17.5 Å². The Morgan fingerprint density at radius 1 is 1.08 bits per heavy atom. The zero-order valence-corrected chi connectivity index (χ0v) is 31.2. The topological polar surface area (TPSA) is 347 Å². The van der Waals surface area contributed by atoms with Gasteiger partial charge in [0, 0.05) is 30.7 Å². The molecule has 3 heterocycles. The number of phosphoric ester groups is 3. The van der Waals surface area contributed by atoms with E-state index in [1.807, 2.05) is 13.8 Å². The molecule has 7 atom stereocenters. The van der Waals surface area contributed by atoms with E-state index in [9.17, 15) is 53.1 Å². The van der Waals surface area contributed by atoms with Crippen molar-refractivity contribution in [1.82, 2.24) is 30.2 Å². The molecule has 1 aliphatic rings. The number of fused-ring (bicyclic) bond motifs is 1. The Hall–Kier alpha value is -2.11. The Balaban J connectivity index is 1.55. The number of aliphatic hydroxyl groups is 2. The Kier molecular flexibility index (Phi) is 15.1. The van der Waals surface area contributed by atoms with Gasteiger partial charge in [0.2, 0.25) is 11.8 Å². The third-order valence-electron chi connectivity index (χ3n) is 6.95. The smallest absolute Gasteiger partial charge is 0.386 e. The quantitative estimate of drug-likeness (QED) is 0.0604. The molecule has 1 saturated heterocycles. The first-order valence-electron chi connectivity index (χ1n) is 15.0. The van der Waals surface area contributed by atoms with Crippen molar-refractivity contribution in [1.29, 1.82) is 0 Å². The van der Waals surface area contributed by atoms with E-state index in [-0.39, 0.29) is 35.9 Å². The maximum Gasteiger partial charge on any atom is 0.481 e. The number of ether oxygens (including phenoxy) is 1. The van der Waals surface area contributed by atoms with E-state index < -0.39 is 78.6 Å². The summed E-state index contributed by atoms with van der Waals surface area (Å²) < 4.78 is 61.9. The average Bonchev–Trinajstić information content (AvgIpc) is 3.57. The molecule has 0 saturated carbocycles. The van der Waals surface area contributed by atoms with Crippen LogP contribution < -0.4 is 16.4 Å². The number of nitrogen functional groups attached to an aromatic ring is 1. The lowest BCUT2D eigenvalue weighted by molar-refractivity contribution is -0.137. The van der Waals surface area contributed by atoms with Crippen LogP contribution in [0, 0.1) is 5.41 Å². The molecule has 2 amide bonds. The zero-order chi connectivity index (χ0) is 38.4. The number of imidazole rings is 1. The SMILES string of the molecule is CC(C)SCCNC(=O)CCNC(=O)[C@H](O)C(C)(C)COP(=O)(O)OP(=O)(O)OC[C@H]1O[C@@H](n2cnc3c(N)ncnc32)[C@H](O)[C@@H]1OP(=O)(O)O. The number of amides is 2. The van der Waals surface area contributed by atoms with Crippen molar-refractivity contribution in [2.24, 2.45) is 5.41 Å². The van der Waals surface area contributed by atoms with Crippen molar-refractivity contribution < 1.29 is 75.7 Å². The number of aromatic nitrogens is 4. The molecule has 0 aromatic carbocycles. The lowest BCUT2D eigenvalue weighted by atomic mass is 9.87. The van der Waals surface area contributed by atoms with Crippen LogP contribution in [0.15, 0.2) is 12.7 Å². The second-order valence-electron chi connectivity index (χ2n) is 12.0. The van der Waals surface area contributed by atoms with Crippen molar-refractivity contribution >= 4 is 64.0 Å². The third-order valence-corrected chi connectivity index (χ3v) is 11.2. The Morgan fingerprint density at radius 2 is 1.75 bits per heavy atom. The number of hydrogen-bond acceptors (Lipinski definition) is 17. The van der Waals surface area contributed by atoms with Gasteiger partial charge in [0.15, 0.2) is 17.7 Å². The summed E-state index contributed by atoms with van der Waals surface area (Å²) in [5.74, 6) is -0.572. The minimum Gasteiger partial charge on any atom is -0.386 e. The fourth-order valence-corrected chi connectivity index (χ4v) is 7.95. The molecule has 51 heavy (non-hydrogen) atoms. The van der Waals surface area contributed by atoms with Gasteiger partial charge in [0.1, 0.15) is 36.3 Å². The number of rotatable bonds is 20.